The number of benzene rings is 1. The summed E-state index contributed by atoms with van der Waals surface area (Å²) < 4.78 is 44.1. The zero-order valence-electron chi connectivity index (χ0n) is 20.0. The van der Waals surface area contributed by atoms with Gasteiger partial charge in [-0.05, 0) is 96.4 Å². The Morgan fingerprint density at radius 1 is 1.03 bits per heavy atom. The summed E-state index contributed by atoms with van der Waals surface area (Å²) in [6, 6.07) is 5.87. The van der Waals surface area contributed by atoms with Crippen LogP contribution in [0.2, 0.25) is 0 Å². The van der Waals surface area contributed by atoms with Gasteiger partial charge in [-0.2, -0.15) is 13.2 Å². The number of carbonyl (C=O) groups excluding carboxylic acids is 1. The lowest BCUT2D eigenvalue weighted by Gasteiger charge is -2.35. The molecule has 1 aromatic rings. The monoisotopic (exact) mass is 469 g/mol. The van der Waals surface area contributed by atoms with Crippen LogP contribution in [0, 0.1) is 5.92 Å². The largest absolute Gasteiger partial charge is 0.444 e. The molecule has 1 saturated carbocycles. The molecule has 8 heteroatoms. The van der Waals surface area contributed by atoms with Gasteiger partial charge in [0.15, 0.2) is 0 Å². The number of likely N-dealkylation sites (tertiary alicyclic amines) is 1. The maximum Gasteiger partial charge on any atom is 0.416 e. The first kappa shape index (κ1) is 25.7. The number of rotatable bonds is 6. The molecule has 3 rings (SSSR count). The summed E-state index contributed by atoms with van der Waals surface area (Å²) in [6.07, 6.45) is 2.61. The molecular formula is C25H38F3N3O2. The van der Waals surface area contributed by atoms with E-state index in [-0.39, 0.29) is 18.2 Å². The number of alkyl halides is 3. The predicted octanol–water partition coefficient (Wildman–Crippen LogP) is 6.06. The van der Waals surface area contributed by atoms with E-state index in [4.69, 9.17) is 4.74 Å². The van der Waals surface area contributed by atoms with Crippen LogP contribution in [0.5, 0.6) is 0 Å². The lowest BCUT2D eigenvalue weighted by atomic mass is 9.84. The topological polar surface area (TPSA) is 53.6 Å². The van der Waals surface area contributed by atoms with E-state index in [1.165, 1.54) is 12.1 Å². The second-order valence-corrected chi connectivity index (χ2v) is 10.5. The van der Waals surface area contributed by atoms with E-state index in [9.17, 15) is 18.0 Å². The number of anilines is 1. The third-order valence-corrected chi connectivity index (χ3v) is 6.57. The van der Waals surface area contributed by atoms with Crippen LogP contribution in [0.1, 0.15) is 71.3 Å². The quantitative estimate of drug-likeness (QED) is 0.532. The predicted molar refractivity (Wildman–Crippen MR) is 124 cm³/mol. The van der Waals surface area contributed by atoms with E-state index in [1.807, 2.05) is 20.8 Å². The molecule has 33 heavy (non-hydrogen) atoms. The molecular weight excluding hydrogens is 431 g/mol. The molecule has 1 aliphatic heterocycles. The molecule has 0 radical (unpaired) electrons. The van der Waals surface area contributed by atoms with E-state index in [1.54, 1.807) is 6.07 Å². The van der Waals surface area contributed by atoms with Crippen LogP contribution in [-0.2, 0) is 10.9 Å². The van der Waals surface area contributed by atoms with Crippen molar-refractivity contribution in [1.82, 2.24) is 10.2 Å². The van der Waals surface area contributed by atoms with Gasteiger partial charge < -0.3 is 20.3 Å². The zero-order chi connectivity index (χ0) is 24.1. The van der Waals surface area contributed by atoms with Crippen molar-refractivity contribution < 1.29 is 22.7 Å². The maximum atomic E-state index is 12.9. The highest BCUT2D eigenvalue weighted by Crippen LogP contribution is 2.31. The van der Waals surface area contributed by atoms with Gasteiger partial charge in [0.1, 0.15) is 5.60 Å². The van der Waals surface area contributed by atoms with E-state index in [0.29, 0.717) is 11.6 Å². The number of nitrogens with one attached hydrogen (secondary N) is 2. The minimum absolute atomic E-state index is 0.203. The van der Waals surface area contributed by atoms with Gasteiger partial charge in [-0.15, -0.1) is 0 Å². The Bertz CT molecular complexity index is 763. The summed E-state index contributed by atoms with van der Waals surface area (Å²) in [4.78, 5) is 14.4. The fourth-order valence-electron chi connectivity index (χ4n) is 4.76. The summed E-state index contributed by atoms with van der Waals surface area (Å²) in [5.41, 5.74) is -0.543. The Morgan fingerprint density at radius 2 is 1.70 bits per heavy atom. The third kappa shape index (κ3) is 8.72. The van der Waals surface area contributed by atoms with Gasteiger partial charge in [0.05, 0.1) is 5.56 Å². The number of halogens is 3. The molecule has 1 heterocycles. The first-order chi connectivity index (χ1) is 15.5. The second-order valence-electron chi connectivity index (χ2n) is 10.5. The Morgan fingerprint density at radius 3 is 2.30 bits per heavy atom. The smallest absolute Gasteiger partial charge is 0.416 e. The molecule has 1 aromatic carbocycles. The van der Waals surface area contributed by atoms with Gasteiger partial charge in [0, 0.05) is 30.9 Å². The number of hydrogen-bond acceptors (Lipinski definition) is 4. The van der Waals surface area contributed by atoms with E-state index in [2.05, 4.69) is 15.5 Å². The number of alkyl carbamates (subject to hydrolysis) is 1. The van der Waals surface area contributed by atoms with E-state index >= 15 is 0 Å². The molecule has 186 valence electrons. The van der Waals surface area contributed by atoms with Crippen molar-refractivity contribution in [3.8, 4) is 0 Å². The number of amides is 1. The lowest BCUT2D eigenvalue weighted by Crippen LogP contribution is -2.42. The molecule has 0 aromatic heterocycles. The SMILES string of the molecule is CC(C)(C)OC(=O)N[C@H]1CC[C@H](CCN2CCC(Nc3cccc(C(F)(F)F)c3)CC2)CC1. The molecule has 1 aliphatic carbocycles. The Balaban J connectivity index is 1.32. The van der Waals surface area contributed by atoms with Gasteiger partial charge in [-0.3, -0.25) is 0 Å². The molecule has 2 aliphatic rings. The Kier molecular flexibility index (Phi) is 8.54. The number of piperidine rings is 1. The molecule has 0 unspecified atom stereocenters. The molecule has 2 N–H and O–H groups in total. The maximum absolute atomic E-state index is 12.9. The number of ether oxygens (including phenoxy) is 1. The Hall–Kier alpha value is -1.96. The minimum atomic E-state index is -4.31. The van der Waals surface area contributed by atoms with Crippen molar-refractivity contribution in [2.24, 2.45) is 5.92 Å². The van der Waals surface area contributed by atoms with Crippen LogP contribution < -0.4 is 10.6 Å². The van der Waals surface area contributed by atoms with Gasteiger partial charge in [-0.25, -0.2) is 4.79 Å². The summed E-state index contributed by atoms with van der Waals surface area (Å²) in [5, 5.41) is 6.28. The van der Waals surface area contributed by atoms with Gasteiger partial charge >= 0.3 is 12.3 Å². The molecule has 0 spiro atoms. The Labute approximate surface area is 195 Å². The van der Waals surface area contributed by atoms with Crippen LogP contribution >= 0.6 is 0 Å². The summed E-state index contributed by atoms with van der Waals surface area (Å²) in [5.74, 6) is 0.683. The van der Waals surface area contributed by atoms with Crippen molar-refractivity contribution in [3.63, 3.8) is 0 Å². The van der Waals surface area contributed by atoms with Crippen LogP contribution in [0.3, 0.4) is 0 Å². The highest BCUT2D eigenvalue weighted by atomic mass is 19.4. The van der Waals surface area contributed by atoms with Crippen molar-refractivity contribution in [2.45, 2.75) is 89.6 Å². The van der Waals surface area contributed by atoms with Crippen molar-refractivity contribution >= 4 is 11.8 Å². The number of hydrogen-bond donors (Lipinski definition) is 2. The normalized spacial score (nSPS) is 23.2. The van der Waals surface area contributed by atoms with Crippen LogP contribution in [0.25, 0.3) is 0 Å². The highest BCUT2D eigenvalue weighted by molar-refractivity contribution is 5.68. The lowest BCUT2D eigenvalue weighted by molar-refractivity contribution is -0.137. The summed E-state index contributed by atoms with van der Waals surface area (Å²) in [6.45, 7) is 8.60. The molecule has 0 atom stereocenters. The first-order valence-electron chi connectivity index (χ1n) is 12.1. The van der Waals surface area contributed by atoms with Crippen molar-refractivity contribution in [1.29, 1.82) is 0 Å². The molecule has 2 fully saturated rings. The average molecular weight is 470 g/mol. The first-order valence-corrected chi connectivity index (χ1v) is 12.1. The highest BCUT2D eigenvalue weighted by Gasteiger charge is 2.31. The second kappa shape index (κ2) is 11.0. The fraction of sp³-hybridized carbons (Fsp3) is 0.720. The van der Waals surface area contributed by atoms with Crippen LogP contribution in [0.4, 0.5) is 23.7 Å². The van der Waals surface area contributed by atoms with Crippen molar-refractivity contribution in [3.05, 3.63) is 29.8 Å². The molecule has 5 nitrogen and oxygen atoms in total. The standard InChI is InChI=1S/C25H38F3N3O2/c1-24(2,3)33-23(32)30-20-9-7-18(8-10-20)11-14-31-15-12-21(13-16-31)29-22-6-4-5-19(17-22)25(26,27)28/h4-6,17-18,20-21,29H,7-16H2,1-3H3,(H,30,32)/t18-,20-. The van der Waals surface area contributed by atoms with Gasteiger partial charge in [0.25, 0.3) is 0 Å². The van der Waals surface area contributed by atoms with Gasteiger partial charge in [-0.1, -0.05) is 6.07 Å². The van der Waals surface area contributed by atoms with Crippen LogP contribution in [-0.4, -0.2) is 48.3 Å². The van der Waals surface area contributed by atoms with E-state index < -0.39 is 17.3 Å². The fourth-order valence-corrected chi connectivity index (χ4v) is 4.76. The molecule has 1 amide bonds. The molecule has 1 saturated heterocycles. The molecule has 0 bridgehead atoms. The summed E-state index contributed by atoms with van der Waals surface area (Å²) >= 11 is 0. The summed E-state index contributed by atoms with van der Waals surface area (Å²) in [7, 11) is 0. The zero-order valence-corrected chi connectivity index (χ0v) is 20.0. The number of carbonyl (C=O) groups is 1. The third-order valence-electron chi connectivity index (χ3n) is 6.57. The average Bonchev–Trinajstić information content (AvgIpc) is 2.72. The van der Waals surface area contributed by atoms with Crippen molar-refractivity contribution in [2.75, 3.05) is 25.0 Å². The van der Waals surface area contributed by atoms with Crippen LogP contribution in [0.15, 0.2) is 24.3 Å². The van der Waals surface area contributed by atoms with E-state index in [0.717, 1.165) is 70.6 Å². The minimum Gasteiger partial charge on any atom is -0.444 e. The van der Waals surface area contributed by atoms with Gasteiger partial charge in [0.2, 0.25) is 0 Å². The number of nitrogens with zero attached hydrogens (tertiary/aromatic N) is 1.